The van der Waals surface area contributed by atoms with Crippen molar-refractivity contribution in [2.45, 2.75) is 13.8 Å². The maximum atomic E-state index is 11.3. The highest BCUT2D eigenvalue weighted by atomic mass is 16.4. The summed E-state index contributed by atoms with van der Waals surface area (Å²) in [6, 6.07) is 5.50. The van der Waals surface area contributed by atoms with Crippen molar-refractivity contribution in [3.8, 4) is 0 Å². The van der Waals surface area contributed by atoms with E-state index in [1.165, 1.54) is 0 Å². The number of hydrogen-bond donors (Lipinski definition) is 2. The lowest BCUT2D eigenvalue weighted by molar-refractivity contribution is -0.131. The Morgan fingerprint density at radius 2 is 1.88 bits per heavy atom. The number of carbonyl (C=O) groups excluding carboxylic acids is 1. The molecule has 2 N–H and O–H groups in total. The average Bonchev–Trinajstić information content (AvgIpc) is 2.21. The fourth-order valence-corrected chi connectivity index (χ4v) is 1.15. The largest absolute Gasteiger partial charge is 0.478 e. The predicted octanol–water partition coefficient (Wildman–Crippen LogP) is 1.88. The van der Waals surface area contributed by atoms with Crippen LogP contribution in [0.4, 0.5) is 5.69 Å². The summed E-state index contributed by atoms with van der Waals surface area (Å²) in [4.78, 5) is 21.4. The number of aliphatic carboxylic acids is 1. The van der Waals surface area contributed by atoms with Crippen molar-refractivity contribution in [3.63, 3.8) is 0 Å². The second-order valence-electron chi connectivity index (χ2n) is 3.46. The van der Waals surface area contributed by atoms with Crippen LogP contribution in [0.3, 0.4) is 0 Å². The van der Waals surface area contributed by atoms with Gasteiger partial charge in [-0.2, -0.15) is 0 Å². The van der Waals surface area contributed by atoms with Gasteiger partial charge < -0.3 is 10.4 Å². The minimum Gasteiger partial charge on any atom is -0.478 e. The molecule has 1 aromatic rings. The molecule has 0 saturated carbocycles. The van der Waals surface area contributed by atoms with Gasteiger partial charge in [-0.25, -0.2) is 4.79 Å². The fraction of sp³-hybridized carbons (Fsp3) is 0.167. The van der Waals surface area contributed by atoms with E-state index in [9.17, 15) is 9.59 Å². The van der Waals surface area contributed by atoms with Crippen LogP contribution in [-0.4, -0.2) is 17.0 Å². The Morgan fingerprint density at radius 1 is 1.19 bits per heavy atom. The van der Waals surface area contributed by atoms with Gasteiger partial charge in [-0.05, 0) is 37.1 Å². The van der Waals surface area contributed by atoms with E-state index in [0.29, 0.717) is 5.69 Å². The molecule has 0 aliphatic rings. The Labute approximate surface area is 93.6 Å². The number of rotatable bonds is 3. The van der Waals surface area contributed by atoms with Gasteiger partial charge in [0.15, 0.2) is 0 Å². The van der Waals surface area contributed by atoms with E-state index in [1.54, 1.807) is 6.07 Å². The number of aryl methyl sites for hydroxylation is 2. The van der Waals surface area contributed by atoms with E-state index in [0.717, 1.165) is 23.3 Å². The average molecular weight is 219 g/mol. The molecule has 0 bridgehead atoms. The van der Waals surface area contributed by atoms with Crippen LogP contribution in [0.25, 0.3) is 0 Å². The zero-order chi connectivity index (χ0) is 12.1. The number of carboxylic acid groups (broad SMARTS) is 1. The molecular weight excluding hydrogens is 206 g/mol. The minimum absolute atomic E-state index is 0.453. The molecule has 84 valence electrons. The molecular formula is C12H13NO3. The van der Waals surface area contributed by atoms with Crippen LogP contribution in [0.15, 0.2) is 30.4 Å². The summed E-state index contributed by atoms with van der Waals surface area (Å²) in [5, 5.41) is 10.9. The summed E-state index contributed by atoms with van der Waals surface area (Å²) >= 11 is 0. The monoisotopic (exact) mass is 219 g/mol. The standard InChI is InChI=1S/C12H13NO3/c1-8-3-4-10(7-9(8)2)13-11(14)5-6-12(15)16/h3-7H,1-2H3,(H,13,14)(H,15,16)/b6-5-. The normalized spacial score (nSPS) is 10.4. The molecule has 16 heavy (non-hydrogen) atoms. The molecule has 0 radical (unpaired) electrons. The molecule has 0 atom stereocenters. The van der Waals surface area contributed by atoms with Crippen molar-refractivity contribution in [1.82, 2.24) is 0 Å². The van der Waals surface area contributed by atoms with Gasteiger partial charge in [-0.3, -0.25) is 4.79 Å². The lowest BCUT2D eigenvalue weighted by Crippen LogP contribution is -2.08. The van der Waals surface area contributed by atoms with E-state index in [4.69, 9.17) is 5.11 Å². The van der Waals surface area contributed by atoms with Gasteiger partial charge in [0, 0.05) is 17.8 Å². The third-order valence-electron chi connectivity index (χ3n) is 2.15. The zero-order valence-corrected chi connectivity index (χ0v) is 9.15. The summed E-state index contributed by atoms with van der Waals surface area (Å²) in [6.07, 6.45) is 1.79. The van der Waals surface area contributed by atoms with Crippen LogP contribution in [-0.2, 0) is 9.59 Å². The van der Waals surface area contributed by atoms with Crippen LogP contribution in [0.1, 0.15) is 11.1 Å². The Bertz CT molecular complexity index is 450. The molecule has 0 aromatic heterocycles. The molecule has 1 aromatic carbocycles. The first-order valence-electron chi connectivity index (χ1n) is 4.78. The number of carbonyl (C=O) groups is 2. The highest BCUT2D eigenvalue weighted by Crippen LogP contribution is 2.13. The maximum Gasteiger partial charge on any atom is 0.328 e. The third kappa shape index (κ3) is 3.57. The Morgan fingerprint density at radius 3 is 2.44 bits per heavy atom. The first kappa shape index (κ1) is 12.0. The first-order chi connectivity index (χ1) is 7.49. The third-order valence-corrected chi connectivity index (χ3v) is 2.15. The second kappa shape index (κ2) is 5.11. The maximum absolute atomic E-state index is 11.3. The minimum atomic E-state index is -1.14. The van der Waals surface area contributed by atoms with E-state index < -0.39 is 11.9 Å². The van der Waals surface area contributed by atoms with Crippen LogP contribution in [0.5, 0.6) is 0 Å². The Balaban J connectivity index is 2.70. The lowest BCUT2D eigenvalue weighted by atomic mass is 10.1. The summed E-state index contributed by atoms with van der Waals surface area (Å²) in [6.45, 7) is 3.92. The number of anilines is 1. The SMILES string of the molecule is Cc1ccc(NC(=O)/C=C\C(=O)O)cc1C. The quantitative estimate of drug-likeness (QED) is 0.763. The van der Waals surface area contributed by atoms with Crippen molar-refractivity contribution in [2.75, 3.05) is 5.32 Å². The smallest absolute Gasteiger partial charge is 0.328 e. The van der Waals surface area contributed by atoms with Gasteiger partial charge in [0.1, 0.15) is 0 Å². The van der Waals surface area contributed by atoms with Crippen molar-refractivity contribution in [1.29, 1.82) is 0 Å². The van der Waals surface area contributed by atoms with E-state index in [1.807, 2.05) is 26.0 Å². The van der Waals surface area contributed by atoms with Crippen molar-refractivity contribution >= 4 is 17.6 Å². The van der Waals surface area contributed by atoms with Gasteiger partial charge >= 0.3 is 5.97 Å². The predicted molar refractivity (Wildman–Crippen MR) is 61.3 cm³/mol. The topological polar surface area (TPSA) is 66.4 Å². The van der Waals surface area contributed by atoms with Gasteiger partial charge in [-0.15, -0.1) is 0 Å². The van der Waals surface area contributed by atoms with Crippen LogP contribution in [0.2, 0.25) is 0 Å². The molecule has 0 aliphatic heterocycles. The van der Waals surface area contributed by atoms with Gasteiger partial charge in [0.05, 0.1) is 0 Å². The second-order valence-corrected chi connectivity index (χ2v) is 3.46. The number of nitrogens with one attached hydrogen (secondary N) is 1. The highest BCUT2D eigenvalue weighted by Gasteiger charge is 2.00. The molecule has 0 aliphatic carbocycles. The molecule has 0 heterocycles. The number of benzene rings is 1. The number of carboxylic acids is 1. The Hall–Kier alpha value is -2.10. The molecule has 0 fully saturated rings. The van der Waals surface area contributed by atoms with E-state index in [-0.39, 0.29) is 0 Å². The summed E-state index contributed by atoms with van der Waals surface area (Å²) < 4.78 is 0. The van der Waals surface area contributed by atoms with Crippen molar-refractivity contribution in [2.24, 2.45) is 0 Å². The fourth-order valence-electron chi connectivity index (χ4n) is 1.15. The zero-order valence-electron chi connectivity index (χ0n) is 9.15. The molecule has 4 heteroatoms. The molecule has 0 saturated heterocycles. The Kier molecular flexibility index (Phi) is 3.83. The molecule has 1 rings (SSSR count). The first-order valence-corrected chi connectivity index (χ1v) is 4.78. The summed E-state index contributed by atoms with van der Waals surface area (Å²) in [7, 11) is 0. The summed E-state index contributed by atoms with van der Waals surface area (Å²) in [5.74, 6) is -1.60. The molecule has 4 nitrogen and oxygen atoms in total. The highest BCUT2D eigenvalue weighted by molar-refractivity contribution is 6.02. The summed E-state index contributed by atoms with van der Waals surface area (Å²) in [5.41, 5.74) is 2.86. The van der Waals surface area contributed by atoms with Gasteiger partial charge in [0.25, 0.3) is 0 Å². The van der Waals surface area contributed by atoms with Crippen LogP contribution < -0.4 is 5.32 Å². The lowest BCUT2D eigenvalue weighted by Gasteiger charge is -2.05. The van der Waals surface area contributed by atoms with Crippen molar-refractivity contribution < 1.29 is 14.7 Å². The van der Waals surface area contributed by atoms with Crippen LogP contribution >= 0.6 is 0 Å². The number of amides is 1. The number of hydrogen-bond acceptors (Lipinski definition) is 2. The van der Waals surface area contributed by atoms with Gasteiger partial charge in [-0.1, -0.05) is 6.07 Å². The van der Waals surface area contributed by atoms with Crippen molar-refractivity contribution in [3.05, 3.63) is 41.5 Å². The molecule has 0 unspecified atom stereocenters. The molecule has 1 amide bonds. The van der Waals surface area contributed by atoms with Gasteiger partial charge in [0.2, 0.25) is 5.91 Å². The van der Waals surface area contributed by atoms with E-state index in [2.05, 4.69) is 5.32 Å². The van der Waals surface area contributed by atoms with Crippen LogP contribution in [0, 0.1) is 13.8 Å². The molecule has 0 spiro atoms. The van der Waals surface area contributed by atoms with E-state index >= 15 is 0 Å².